The fraction of sp³-hybridized carbons (Fsp3) is 0.211. The Bertz CT molecular complexity index is 798. The highest BCUT2D eigenvalue weighted by Gasteiger charge is 2.21. The largest absolute Gasteiger partial charge is 0.419 e. The van der Waals surface area contributed by atoms with Crippen molar-refractivity contribution in [2.75, 3.05) is 0 Å². The average molecular weight is 321 g/mol. The van der Waals surface area contributed by atoms with Gasteiger partial charge in [0.25, 0.3) is 5.91 Å². The Morgan fingerprint density at radius 3 is 2.25 bits per heavy atom. The fourth-order valence-corrected chi connectivity index (χ4v) is 2.40. The number of rotatable bonds is 5. The van der Waals surface area contributed by atoms with Gasteiger partial charge in [0.05, 0.1) is 6.54 Å². The summed E-state index contributed by atoms with van der Waals surface area (Å²) in [5, 5.41) is 8.16. The van der Waals surface area contributed by atoms with Gasteiger partial charge < -0.3 is 9.32 Å². The molecule has 2 aromatic carbocycles. The molecule has 0 bridgehead atoms. The topological polar surface area (TPSA) is 59.2 Å². The smallest absolute Gasteiger partial charge is 0.254 e. The first-order valence-electron chi connectivity index (χ1n) is 7.89. The first kappa shape index (κ1) is 15.9. The van der Waals surface area contributed by atoms with Crippen LogP contribution in [0.1, 0.15) is 30.1 Å². The zero-order valence-electron chi connectivity index (χ0n) is 13.7. The number of carbonyl (C=O) groups is 1. The molecule has 122 valence electrons. The van der Waals surface area contributed by atoms with Crippen LogP contribution < -0.4 is 0 Å². The van der Waals surface area contributed by atoms with E-state index in [1.807, 2.05) is 62.4 Å². The van der Waals surface area contributed by atoms with Crippen LogP contribution in [0.3, 0.4) is 0 Å². The number of aromatic nitrogens is 2. The van der Waals surface area contributed by atoms with Gasteiger partial charge >= 0.3 is 0 Å². The number of carbonyl (C=O) groups excluding carboxylic acids is 1. The van der Waals surface area contributed by atoms with E-state index in [2.05, 4.69) is 10.2 Å². The summed E-state index contributed by atoms with van der Waals surface area (Å²) >= 11 is 0. The van der Waals surface area contributed by atoms with Crippen LogP contribution in [0.15, 0.2) is 65.1 Å². The third-order valence-electron chi connectivity index (χ3n) is 3.70. The van der Waals surface area contributed by atoms with E-state index in [4.69, 9.17) is 4.42 Å². The Morgan fingerprint density at radius 2 is 1.62 bits per heavy atom. The maximum atomic E-state index is 12.7. The number of nitrogens with zero attached hydrogens (tertiary/aromatic N) is 3. The number of amides is 1. The zero-order valence-corrected chi connectivity index (χ0v) is 13.7. The lowest BCUT2D eigenvalue weighted by atomic mass is 10.1. The lowest BCUT2D eigenvalue weighted by molar-refractivity contribution is 0.0672. The molecular formula is C19H19N3O2. The Labute approximate surface area is 140 Å². The Balaban J connectivity index is 1.80. The molecule has 1 amide bonds. The molecule has 24 heavy (non-hydrogen) atoms. The van der Waals surface area contributed by atoms with Crippen molar-refractivity contribution in [1.29, 1.82) is 0 Å². The molecule has 0 atom stereocenters. The summed E-state index contributed by atoms with van der Waals surface area (Å²) in [5.41, 5.74) is 1.51. The minimum atomic E-state index is -0.0509. The van der Waals surface area contributed by atoms with Crippen LogP contribution in [-0.2, 0) is 6.54 Å². The van der Waals surface area contributed by atoms with Crippen LogP contribution in [0.4, 0.5) is 0 Å². The van der Waals surface area contributed by atoms with Crippen LogP contribution in [0.5, 0.6) is 0 Å². The minimum absolute atomic E-state index is 0.0183. The van der Waals surface area contributed by atoms with E-state index >= 15 is 0 Å². The van der Waals surface area contributed by atoms with Crippen molar-refractivity contribution in [3.8, 4) is 11.5 Å². The van der Waals surface area contributed by atoms with Gasteiger partial charge in [-0.25, -0.2) is 0 Å². The molecule has 3 rings (SSSR count). The molecule has 1 heterocycles. The van der Waals surface area contributed by atoms with E-state index < -0.39 is 0 Å². The minimum Gasteiger partial charge on any atom is -0.419 e. The van der Waals surface area contributed by atoms with E-state index in [1.54, 1.807) is 17.0 Å². The number of hydrogen-bond acceptors (Lipinski definition) is 4. The summed E-state index contributed by atoms with van der Waals surface area (Å²) in [4.78, 5) is 14.4. The SMILES string of the molecule is CC(C)N(Cc1nnc(-c2ccccc2)o1)C(=O)c1ccccc1. The van der Waals surface area contributed by atoms with Crippen LogP contribution >= 0.6 is 0 Å². The Kier molecular flexibility index (Phi) is 4.70. The molecule has 0 saturated heterocycles. The highest BCUT2D eigenvalue weighted by atomic mass is 16.4. The van der Waals surface area contributed by atoms with Gasteiger partial charge in [0.15, 0.2) is 0 Å². The van der Waals surface area contributed by atoms with Crippen LogP contribution in [0.25, 0.3) is 11.5 Å². The van der Waals surface area contributed by atoms with Gasteiger partial charge in [-0.3, -0.25) is 4.79 Å². The molecule has 0 saturated carbocycles. The molecule has 0 aliphatic rings. The second-order valence-corrected chi connectivity index (χ2v) is 5.76. The predicted molar refractivity (Wildman–Crippen MR) is 91.2 cm³/mol. The van der Waals surface area contributed by atoms with Crippen molar-refractivity contribution in [2.45, 2.75) is 26.4 Å². The molecule has 5 nitrogen and oxygen atoms in total. The van der Waals surface area contributed by atoms with E-state index in [9.17, 15) is 4.79 Å². The standard InChI is InChI=1S/C19H19N3O2/c1-14(2)22(19(23)16-11-7-4-8-12-16)13-17-20-21-18(24-17)15-9-5-3-6-10-15/h3-12,14H,13H2,1-2H3. The maximum absolute atomic E-state index is 12.7. The van der Waals surface area contributed by atoms with Crippen molar-refractivity contribution >= 4 is 5.91 Å². The second kappa shape index (κ2) is 7.08. The van der Waals surface area contributed by atoms with Gasteiger partial charge in [-0.15, -0.1) is 10.2 Å². The molecule has 0 aliphatic carbocycles. The summed E-state index contributed by atoms with van der Waals surface area (Å²) in [6.45, 7) is 4.22. The molecule has 0 aliphatic heterocycles. The van der Waals surface area contributed by atoms with E-state index in [-0.39, 0.29) is 18.5 Å². The maximum Gasteiger partial charge on any atom is 0.254 e. The summed E-state index contributed by atoms with van der Waals surface area (Å²) in [5.74, 6) is 0.832. The van der Waals surface area contributed by atoms with Crippen molar-refractivity contribution in [2.24, 2.45) is 0 Å². The number of benzene rings is 2. The lowest BCUT2D eigenvalue weighted by Gasteiger charge is -2.25. The Hall–Kier alpha value is -2.95. The van der Waals surface area contributed by atoms with Gasteiger partial charge in [-0.2, -0.15) is 0 Å². The van der Waals surface area contributed by atoms with Crippen molar-refractivity contribution in [3.05, 3.63) is 72.1 Å². The molecule has 0 spiro atoms. The first-order chi connectivity index (χ1) is 11.6. The van der Waals surface area contributed by atoms with Gasteiger partial charge in [0.2, 0.25) is 11.8 Å². The third-order valence-corrected chi connectivity index (χ3v) is 3.70. The average Bonchev–Trinajstić information content (AvgIpc) is 3.09. The predicted octanol–water partition coefficient (Wildman–Crippen LogP) is 3.79. The molecule has 0 N–H and O–H groups in total. The molecule has 1 aromatic heterocycles. The van der Waals surface area contributed by atoms with E-state index in [1.165, 1.54) is 0 Å². The number of hydrogen-bond donors (Lipinski definition) is 0. The van der Waals surface area contributed by atoms with E-state index in [0.29, 0.717) is 17.3 Å². The summed E-state index contributed by atoms with van der Waals surface area (Å²) < 4.78 is 5.72. The quantitative estimate of drug-likeness (QED) is 0.717. The van der Waals surface area contributed by atoms with Crippen molar-refractivity contribution in [3.63, 3.8) is 0 Å². The molecule has 0 fully saturated rings. The third kappa shape index (κ3) is 3.51. The Morgan fingerprint density at radius 1 is 1.00 bits per heavy atom. The molecule has 5 heteroatoms. The van der Waals surface area contributed by atoms with Gasteiger partial charge in [-0.05, 0) is 38.1 Å². The fourth-order valence-electron chi connectivity index (χ4n) is 2.40. The normalized spacial score (nSPS) is 10.8. The van der Waals surface area contributed by atoms with E-state index in [0.717, 1.165) is 5.56 Å². The second-order valence-electron chi connectivity index (χ2n) is 5.76. The van der Waals surface area contributed by atoms with Crippen molar-refractivity contribution in [1.82, 2.24) is 15.1 Å². The molecule has 3 aromatic rings. The van der Waals surface area contributed by atoms with Crippen LogP contribution in [0, 0.1) is 0 Å². The molecule has 0 unspecified atom stereocenters. The molecule has 0 radical (unpaired) electrons. The molecular weight excluding hydrogens is 302 g/mol. The van der Waals surface area contributed by atoms with Gasteiger partial charge in [0.1, 0.15) is 0 Å². The van der Waals surface area contributed by atoms with Crippen molar-refractivity contribution < 1.29 is 9.21 Å². The first-order valence-corrected chi connectivity index (χ1v) is 7.89. The monoisotopic (exact) mass is 321 g/mol. The highest BCUT2D eigenvalue weighted by Crippen LogP contribution is 2.19. The van der Waals surface area contributed by atoms with Crippen LogP contribution in [0.2, 0.25) is 0 Å². The summed E-state index contributed by atoms with van der Waals surface area (Å²) in [6, 6.07) is 18.8. The highest BCUT2D eigenvalue weighted by molar-refractivity contribution is 5.94. The van der Waals surface area contributed by atoms with Crippen LogP contribution in [-0.4, -0.2) is 27.0 Å². The summed E-state index contributed by atoms with van der Waals surface area (Å²) in [7, 11) is 0. The lowest BCUT2D eigenvalue weighted by Crippen LogP contribution is -2.36. The van der Waals surface area contributed by atoms with Gasteiger partial charge in [0, 0.05) is 17.2 Å². The summed E-state index contributed by atoms with van der Waals surface area (Å²) in [6.07, 6.45) is 0. The zero-order chi connectivity index (χ0) is 16.9. The van der Waals surface area contributed by atoms with Gasteiger partial charge in [-0.1, -0.05) is 36.4 Å².